The third kappa shape index (κ3) is 5.26. The summed E-state index contributed by atoms with van der Waals surface area (Å²) in [6.07, 6.45) is -3.15. The number of benzene rings is 2. The van der Waals surface area contributed by atoms with Crippen LogP contribution in [0.3, 0.4) is 0 Å². The zero-order valence-corrected chi connectivity index (χ0v) is 16.6. The average molecular weight is 429 g/mol. The second-order valence-corrected chi connectivity index (χ2v) is 6.66. The molecule has 0 bridgehead atoms. The number of nitrogens with one attached hydrogen (secondary N) is 2. The van der Waals surface area contributed by atoms with Crippen molar-refractivity contribution in [3.63, 3.8) is 0 Å². The second-order valence-electron chi connectivity index (χ2n) is 6.66. The van der Waals surface area contributed by atoms with Crippen LogP contribution in [0.4, 0.5) is 16.2 Å². The molecule has 1 heterocycles. The largest absolute Gasteiger partial charge is 0.514 e. The Balaban J connectivity index is 1.56. The van der Waals surface area contributed by atoms with Gasteiger partial charge in [0.25, 0.3) is 17.5 Å². The van der Waals surface area contributed by atoms with Crippen molar-refractivity contribution in [2.24, 2.45) is 0 Å². The first-order valence-corrected chi connectivity index (χ1v) is 9.24. The Morgan fingerprint density at radius 2 is 1.87 bits per heavy atom. The number of nitro groups is 1. The third-order valence-corrected chi connectivity index (χ3v) is 4.40. The van der Waals surface area contributed by atoms with E-state index in [9.17, 15) is 24.5 Å². The van der Waals surface area contributed by atoms with E-state index in [1.54, 1.807) is 31.2 Å². The van der Waals surface area contributed by atoms with Crippen molar-refractivity contribution in [1.29, 1.82) is 0 Å². The van der Waals surface area contributed by atoms with E-state index in [-0.39, 0.29) is 11.4 Å². The SMILES string of the molecule is C[C@H](OC(=O)Oc1ccc([N+](=O)[O-])cc1)C(=O)N[C@@H]1C(=O)Nc2ccccc2O[C@@H]1C. The second kappa shape index (κ2) is 9.11. The van der Waals surface area contributed by atoms with Gasteiger partial charge in [0.2, 0.25) is 0 Å². The molecule has 3 rings (SSSR count). The molecule has 2 N–H and O–H groups in total. The number of carbonyl (C=O) groups is 3. The topological polar surface area (TPSA) is 146 Å². The van der Waals surface area contributed by atoms with Crippen molar-refractivity contribution < 1.29 is 33.5 Å². The van der Waals surface area contributed by atoms with E-state index in [0.29, 0.717) is 11.4 Å². The number of hydrogen-bond acceptors (Lipinski definition) is 8. The highest BCUT2D eigenvalue weighted by atomic mass is 16.7. The summed E-state index contributed by atoms with van der Waals surface area (Å²) in [4.78, 5) is 46.9. The molecule has 0 saturated heterocycles. The predicted molar refractivity (Wildman–Crippen MR) is 107 cm³/mol. The van der Waals surface area contributed by atoms with Crippen molar-refractivity contribution in [2.75, 3.05) is 5.32 Å². The zero-order valence-electron chi connectivity index (χ0n) is 16.6. The summed E-state index contributed by atoms with van der Waals surface area (Å²) >= 11 is 0. The molecule has 1 aliphatic rings. The maximum atomic E-state index is 12.5. The van der Waals surface area contributed by atoms with E-state index in [0.717, 1.165) is 12.1 Å². The molecule has 0 spiro atoms. The first kappa shape index (κ1) is 21.6. The van der Waals surface area contributed by atoms with Crippen LogP contribution in [-0.2, 0) is 14.3 Å². The molecule has 0 saturated carbocycles. The number of ether oxygens (including phenoxy) is 3. The van der Waals surface area contributed by atoms with Crippen LogP contribution in [0, 0.1) is 10.1 Å². The van der Waals surface area contributed by atoms with Crippen LogP contribution in [0.5, 0.6) is 11.5 Å². The Kier molecular flexibility index (Phi) is 6.34. The van der Waals surface area contributed by atoms with Crippen molar-refractivity contribution in [2.45, 2.75) is 32.1 Å². The van der Waals surface area contributed by atoms with Crippen LogP contribution in [0.15, 0.2) is 48.5 Å². The van der Waals surface area contributed by atoms with Crippen molar-refractivity contribution in [1.82, 2.24) is 5.32 Å². The van der Waals surface area contributed by atoms with E-state index in [1.165, 1.54) is 19.1 Å². The Bertz CT molecular complexity index is 1010. The van der Waals surface area contributed by atoms with E-state index in [1.807, 2.05) is 0 Å². The smallest absolute Gasteiger partial charge is 0.486 e. The first-order valence-electron chi connectivity index (χ1n) is 9.24. The number of fused-ring (bicyclic) bond motifs is 1. The Labute approximate surface area is 176 Å². The van der Waals surface area contributed by atoms with Crippen LogP contribution in [-0.4, -0.2) is 41.1 Å². The van der Waals surface area contributed by atoms with Crippen LogP contribution < -0.4 is 20.1 Å². The lowest BCUT2D eigenvalue weighted by Gasteiger charge is -2.23. The zero-order chi connectivity index (χ0) is 22.5. The molecule has 0 radical (unpaired) electrons. The minimum Gasteiger partial charge on any atom is -0.486 e. The molecule has 2 aromatic carbocycles. The predicted octanol–water partition coefficient (Wildman–Crippen LogP) is 2.40. The molecule has 0 unspecified atom stereocenters. The first-order chi connectivity index (χ1) is 14.7. The van der Waals surface area contributed by atoms with Gasteiger partial charge in [0, 0.05) is 12.1 Å². The molecule has 31 heavy (non-hydrogen) atoms. The molecule has 162 valence electrons. The van der Waals surface area contributed by atoms with Gasteiger partial charge in [-0.1, -0.05) is 12.1 Å². The van der Waals surface area contributed by atoms with Crippen molar-refractivity contribution in [3.8, 4) is 11.5 Å². The molecule has 2 aromatic rings. The Hall–Kier alpha value is -4.15. The van der Waals surface area contributed by atoms with E-state index in [2.05, 4.69) is 10.6 Å². The normalized spacial score (nSPS) is 18.3. The van der Waals surface area contributed by atoms with Crippen LogP contribution in [0.1, 0.15) is 13.8 Å². The number of non-ortho nitro benzene ring substituents is 1. The molecule has 0 aromatic heterocycles. The Morgan fingerprint density at radius 3 is 2.55 bits per heavy atom. The van der Waals surface area contributed by atoms with Gasteiger partial charge in [-0.05, 0) is 38.1 Å². The number of hydrogen-bond donors (Lipinski definition) is 2. The summed E-state index contributed by atoms with van der Waals surface area (Å²) in [7, 11) is 0. The highest BCUT2D eigenvalue weighted by Crippen LogP contribution is 2.28. The lowest BCUT2D eigenvalue weighted by molar-refractivity contribution is -0.384. The molecule has 0 aliphatic carbocycles. The number of anilines is 1. The van der Waals surface area contributed by atoms with E-state index < -0.39 is 41.1 Å². The van der Waals surface area contributed by atoms with Crippen LogP contribution in [0.25, 0.3) is 0 Å². The lowest BCUT2D eigenvalue weighted by Crippen LogP contribution is -2.53. The summed E-state index contributed by atoms with van der Waals surface area (Å²) in [5.74, 6) is -0.740. The summed E-state index contributed by atoms with van der Waals surface area (Å²) in [6.45, 7) is 2.93. The minimum atomic E-state index is -1.28. The van der Waals surface area contributed by atoms with Crippen LogP contribution >= 0.6 is 0 Å². The fraction of sp³-hybridized carbons (Fsp3) is 0.250. The van der Waals surface area contributed by atoms with Crippen molar-refractivity contribution in [3.05, 3.63) is 58.6 Å². The summed E-state index contributed by atoms with van der Waals surface area (Å²) in [6, 6.07) is 10.6. The van der Waals surface area contributed by atoms with Gasteiger partial charge in [0.1, 0.15) is 23.6 Å². The van der Waals surface area contributed by atoms with E-state index >= 15 is 0 Å². The lowest BCUT2D eigenvalue weighted by atomic mass is 10.1. The van der Waals surface area contributed by atoms with Gasteiger partial charge in [-0.15, -0.1) is 0 Å². The third-order valence-electron chi connectivity index (χ3n) is 4.40. The number of carbonyl (C=O) groups excluding carboxylic acids is 3. The van der Waals surface area contributed by atoms with Crippen molar-refractivity contribution >= 4 is 29.3 Å². The fourth-order valence-electron chi connectivity index (χ4n) is 2.77. The highest BCUT2D eigenvalue weighted by Gasteiger charge is 2.34. The standard InChI is InChI=1S/C20H19N3O8/c1-11-17(19(25)21-15-5-3-4-6-16(15)29-11)22-18(24)12(2)30-20(26)31-14-9-7-13(8-10-14)23(27)28/h3-12,17H,1-2H3,(H,21,25)(H,22,24)/t11-,12+,17+/m1/s1. The number of rotatable bonds is 5. The van der Waals surface area contributed by atoms with Gasteiger partial charge in [0.15, 0.2) is 6.10 Å². The maximum Gasteiger partial charge on any atom is 0.514 e. The Morgan fingerprint density at radius 1 is 1.19 bits per heavy atom. The molecule has 2 amide bonds. The minimum absolute atomic E-state index is 0.00569. The maximum absolute atomic E-state index is 12.5. The van der Waals surface area contributed by atoms with Gasteiger partial charge >= 0.3 is 6.16 Å². The van der Waals surface area contributed by atoms with Gasteiger partial charge in [-0.3, -0.25) is 19.7 Å². The monoisotopic (exact) mass is 429 g/mol. The van der Waals surface area contributed by atoms with E-state index in [4.69, 9.17) is 14.2 Å². The molecular weight excluding hydrogens is 410 g/mol. The number of nitro benzene ring substituents is 1. The van der Waals surface area contributed by atoms with Gasteiger partial charge in [0.05, 0.1) is 10.6 Å². The fourth-order valence-corrected chi connectivity index (χ4v) is 2.77. The average Bonchev–Trinajstić information content (AvgIpc) is 2.84. The number of para-hydroxylation sites is 2. The number of amides is 2. The van der Waals surface area contributed by atoms with Crippen LogP contribution in [0.2, 0.25) is 0 Å². The molecule has 3 atom stereocenters. The summed E-state index contributed by atoms with van der Waals surface area (Å²) in [5.41, 5.74) is 0.306. The summed E-state index contributed by atoms with van der Waals surface area (Å²) < 4.78 is 15.5. The molecule has 11 heteroatoms. The highest BCUT2D eigenvalue weighted by molar-refractivity contribution is 5.99. The molecule has 1 aliphatic heterocycles. The summed E-state index contributed by atoms with van der Waals surface area (Å²) in [5, 5.41) is 15.8. The van der Waals surface area contributed by atoms with Gasteiger partial charge in [-0.25, -0.2) is 4.79 Å². The molecule has 11 nitrogen and oxygen atoms in total. The van der Waals surface area contributed by atoms with Gasteiger partial charge < -0.3 is 24.8 Å². The molecular formula is C20H19N3O8. The quantitative estimate of drug-likeness (QED) is 0.319. The van der Waals surface area contributed by atoms with Gasteiger partial charge in [-0.2, -0.15) is 0 Å². The number of nitrogens with zero attached hydrogens (tertiary/aromatic N) is 1. The molecule has 0 fully saturated rings.